The van der Waals surface area contributed by atoms with Crippen LogP contribution in [0.1, 0.15) is 18.6 Å². The molecule has 1 aromatic carbocycles. The molecular formula is C22H24F3N3O5. The number of carbonyl (C=O) groups excluding carboxylic acids is 2. The number of anilines is 2. The lowest BCUT2D eigenvalue weighted by Crippen LogP contribution is -2.31. The predicted molar refractivity (Wildman–Crippen MR) is 112 cm³/mol. The minimum absolute atomic E-state index is 0.00569. The molecule has 33 heavy (non-hydrogen) atoms. The number of furan rings is 1. The molecule has 2 aliphatic heterocycles. The average molecular weight is 467 g/mol. The SMILES string of the molecule is O=C(CC[C@H]1CN(c2ccc(N3CCON(Cc4ccco4)CC3)c(F)c2)C(=O)O1)C(F)F. The van der Waals surface area contributed by atoms with Gasteiger partial charge in [-0.2, -0.15) is 5.06 Å². The van der Waals surface area contributed by atoms with Crippen LogP contribution in [-0.4, -0.2) is 62.3 Å². The van der Waals surface area contributed by atoms with Crippen LogP contribution in [0.5, 0.6) is 0 Å². The molecule has 2 fully saturated rings. The number of carbonyl (C=O) groups is 2. The van der Waals surface area contributed by atoms with Crippen molar-refractivity contribution in [1.29, 1.82) is 0 Å². The Morgan fingerprint density at radius 2 is 2.03 bits per heavy atom. The van der Waals surface area contributed by atoms with Gasteiger partial charge in [0.2, 0.25) is 0 Å². The summed E-state index contributed by atoms with van der Waals surface area (Å²) >= 11 is 0. The predicted octanol–water partition coefficient (Wildman–Crippen LogP) is 3.61. The summed E-state index contributed by atoms with van der Waals surface area (Å²) in [6.45, 7) is 2.48. The largest absolute Gasteiger partial charge is 0.468 e. The van der Waals surface area contributed by atoms with E-state index < -0.39 is 30.2 Å². The van der Waals surface area contributed by atoms with Crippen LogP contribution in [0.15, 0.2) is 41.0 Å². The zero-order chi connectivity index (χ0) is 23.4. The quantitative estimate of drug-likeness (QED) is 0.587. The van der Waals surface area contributed by atoms with Gasteiger partial charge in [-0.15, -0.1) is 0 Å². The number of hydrogen-bond acceptors (Lipinski definition) is 7. The highest BCUT2D eigenvalue weighted by molar-refractivity contribution is 5.90. The molecule has 0 aliphatic carbocycles. The number of alkyl halides is 2. The number of Topliss-reactive ketones (excluding diaryl/α,β-unsaturated/α-hetero) is 1. The van der Waals surface area contributed by atoms with Crippen molar-refractivity contribution in [3.05, 3.63) is 48.2 Å². The third kappa shape index (κ3) is 5.66. The molecule has 2 aromatic rings. The Morgan fingerprint density at radius 3 is 2.76 bits per heavy atom. The Kier molecular flexibility index (Phi) is 7.19. The molecule has 178 valence electrons. The lowest BCUT2D eigenvalue weighted by molar-refractivity contribution is -0.157. The molecular weight excluding hydrogens is 443 g/mol. The van der Waals surface area contributed by atoms with Gasteiger partial charge in [-0.3, -0.25) is 14.5 Å². The molecule has 2 saturated heterocycles. The van der Waals surface area contributed by atoms with E-state index in [1.165, 1.54) is 11.0 Å². The Morgan fingerprint density at radius 1 is 1.18 bits per heavy atom. The van der Waals surface area contributed by atoms with E-state index in [0.29, 0.717) is 44.2 Å². The maximum Gasteiger partial charge on any atom is 0.414 e. The third-order valence-electron chi connectivity index (χ3n) is 5.58. The molecule has 0 spiro atoms. The van der Waals surface area contributed by atoms with E-state index in [-0.39, 0.29) is 19.4 Å². The van der Waals surface area contributed by atoms with E-state index in [4.69, 9.17) is 14.0 Å². The summed E-state index contributed by atoms with van der Waals surface area (Å²) in [7, 11) is 0. The highest BCUT2D eigenvalue weighted by atomic mass is 19.3. The van der Waals surface area contributed by atoms with Crippen LogP contribution in [-0.2, 0) is 20.9 Å². The fourth-order valence-corrected chi connectivity index (χ4v) is 3.85. The number of hydrogen-bond donors (Lipinski definition) is 0. The van der Waals surface area contributed by atoms with E-state index in [0.717, 1.165) is 5.76 Å². The van der Waals surface area contributed by atoms with Crippen LogP contribution in [0, 0.1) is 5.82 Å². The standard InChI is InChI=1S/C22H24F3N3O5/c23-18-12-15(28-14-17(33-22(28)30)4-6-20(29)21(24)25)3-5-19(18)26-7-8-27(32-11-9-26)13-16-2-1-10-31-16/h1-3,5,10,12,17,21H,4,6-9,11,13-14H2/t17-/m0/s1. The molecule has 4 rings (SSSR count). The number of amides is 1. The third-order valence-corrected chi connectivity index (χ3v) is 5.58. The zero-order valence-corrected chi connectivity index (χ0v) is 17.8. The molecule has 0 unspecified atom stereocenters. The van der Waals surface area contributed by atoms with Crippen molar-refractivity contribution in [3.63, 3.8) is 0 Å². The second kappa shape index (κ2) is 10.3. The molecule has 2 aliphatic rings. The highest BCUT2D eigenvalue weighted by Crippen LogP contribution is 2.29. The topological polar surface area (TPSA) is 75.5 Å². The Bertz CT molecular complexity index is 972. The highest BCUT2D eigenvalue weighted by Gasteiger charge is 2.33. The fourth-order valence-electron chi connectivity index (χ4n) is 3.85. The number of cyclic esters (lactones) is 1. The van der Waals surface area contributed by atoms with Gasteiger partial charge in [-0.05, 0) is 36.8 Å². The van der Waals surface area contributed by atoms with Crippen molar-refractivity contribution in [2.45, 2.75) is 31.9 Å². The summed E-state index contributed by atoms with van der Waals surface area (Å²) in [6.07, 6.45) is -3.24. The zero-order valence-electron chi connectivity index (χ0n) is 17.8. The summed E-state index contributed by atoms with van der Waals surface area (Å²) in [6, 6.07) is 8.11. The number of hydroxylamine groups is 2. The molecule has 0 N–H and O–H groups in total. The molecule has 0 saturated carbocycles. The molecule has 3 heterocycles. The summed E-state index contributed by atoms with van der Waals surface area (Å²) in [5.41, 5.74) is 0.684. The molecule has 11 heteroatoms. The number of ether oxygens (including phenoxy) is 1. The van der Waals surface area contributed by atoms with E-state index >= 15 is 0 Å². The minimum atomic E-state index is -3.04. The van der Waals surface area contributed by atoms with Crippen molar-refractivity contribution in [3.8, 4) is 0 Å². The van der Waals surface area contributed by atoms with Gasteiger partial charge >= 0.3 is 6.09 Å². The van der Waals surface area contributed by atoms with Gasteiger partial charge in [0.25, 0.3) is 6.43 Å². The Labute approximate surface area is 188 Å². The number of ketones is 1. The van der Waals surface area contributed by atoms with Crippen molar-refractivity contribution in [2.75, 3.05) is 42.6 Å². The van der Waals surface area contributed by atoms with Crippen molar-refractivity contribution >= 4 is 23.3 Å². The maximum absolute atomic E-state index is 15.0. The van der Waals surface area contributed by atoms with Crippen molar-refractivity contribution < 1.29 is 36.8 Å². The van der Waals surface area contributed by atoms with E-state index in [1.807, 2.05) is 11.0 Å². The van der Waals surface area contributed by atoms with Gasteiger partial charge < -0.3 is 14.1 Å². The van der Waals surface area contributed by atoms with Gasteiger partial charge in [0, 0.05) is 26.1 Å². The van der Waals surface area contributed by atoms with Gasteiger partial charge in [-0.25, -0.2) is 18.0 Å². The van der Waals surface area contributed by atoms with Crippen LogP contribution < -0.4 is 9.80 Å². The molecule has 0 radical (unpaired) electrons. The van der Waals surface area contributed by atoms with Gasteiger partial charge in [0.05, 0.1) is 37.3 Å². The molecule has 1 amide bonds. The fraction of sp³-hybridized carbons (Fsp3) is 0.455. The normalized spacial score (nSPS) is 19.8. The second-order valence-corrected chi connectivity index (χ2v) is 7.82. The lowest BCUT2D eigenvalue weighted by atomic mass is 10.1. The Balaban J connectivity index is 1.36. The van der Waals surface area contributed by atoms with Gasteiger partial charge in [-0.1, -0.05) is 0 Å². The first-order valence-corrected chi connectivity index (χ1v) is 10.6. The van der Waals surface area contributed by atoms with Crippen LogP contribution in [0.2, 0.25) is 0 Å². The van der Waals surface area contributed by atoms with E-state index in [9.17, 15) is 22.8 Å². The van der Waals surface area contributed by atoms with Crippen LogP contribution in [0.4, 0.5) is 29.3 Å². The lowest BCUT2D eigenvalue weighted by Gasteiger charge is -2.24. The van der Waals surface area contributed by atoms with Crippen LogP contribution in [0.25, 0.3) is 0 Å². The number of halogens is 3. The molecule has 1 aromatic heterocycles. The first-order chi connectivity index (χ1) is 15.9. The van der Waals surface area contributed by atoms with Crippen molar-refractivity contribution in [2.24, 2.45) is 0 Å². The molecule has 8 nitrogen and oxygen atoms in total. The van der Waals surface area contributed by atoms with E-state index in [2.05, 4.69) is 0 Å². The number of benzene rings is 1. The van der Waals surface area contributed by atoms with Crippen LogP contribution >= 0.6 is 0 Å². The van der Waals surface area contributed by atoms with Gasteiger partial charge in [0.1, 0.15) is 17.7 Å². The minimum Gasteiger partial charge on any atom is -0.468 e. The maximum atomic E-state index is 15.0. The first kappa shape index (κ1) is 23.1. The number of rotatable bonds is 8. The smallest absolute Gasteiger partial charge is 0.414 e. The van der Waals surface area contributed by atoms with Gasteiger partial charge in [0.15, 0.2) is 5.78 Å². The summed E-state index contributed by atoms with van der Waals surface area (Å²) in [5, 5.41) is 1.77. The summed E-state index contributed by atoms with van der Waals surface area (Å²) in [4.78, 5) is 32.1. The summed E-state index contributed by atoms with van der Waals surface area (Å²) in [5.74, 6) is -0.923. The van der Waals surface area contributed by atoms with E-state index in [1.54, 1.807) is 29.5 Å². The second-order valence-electron chi connectivity index (χ2n) is 7.82. The molecule has 0 bridgehead atoms. The monoisotopic (exact) mass is 467 g/mol. The number of nitrogens with zero attached hydrogens (tertiary/aromatic N) is 3. The summed E-state index contributed by atoms with van der Waals surface area (Å²) < 4.78 is 50.2. The van der Waals surface area contributed by atoms with Crippen LogP contribution in [0.3, 0.4) is 0 Å². The first-order valence-electron chi connectivity index (χ1n) is 10.6. The van der Waals surface area contributed by atoms with Crippen molar-refractivity contribution in [1.82, 2.24) is 5.06 Å². The molecule has 1 atom stereocenters. The average Bonchev–Trinajstić information content (AvgIpc) is 3.36. The Hall–Kier alpha value is -3.05.